The van der Waals surface area contributed by atoms with Crippen LogP contribution in [0.2, 0.25) is 0 Å². The first-order valence-corrected chi connectivity index (χ1v) is 8.26. The van der Waals surface area contributed by atoms with Crippen molar-refractivity contribution < 1.29 is 4.79 Å². The van der Waals surface area contributed by atoms with E-state index in [-0.39, 0.29) is 5.91 Å². The summed E-state index contributed by atoms with van der Waals surface area (Å²) >= 11 is 1.61. The topological polar surface area (TPSA) is 90.5 Å². The summed E-state index contributed by atoms with van der Waals surface area (Å²) in [5.41, 5.74) is 1.88. The number of amides is 1. The highest BCUT2D eigenvalue weighted by molar-refractivity contribution is 7.15. The number of rotatable bonds is 5. The molecule has 9 heteroatoms. The van der Waals surface area contributed by atoms with Crippen LogP contribution in [0, 0.1) is 0 Å². The summed E-state index contributed by atoms with van der Waals surface area (Å²) in [6.45, 7) is 1.24. The van der Waals surface area contributed by atoms with Crippen LogP contribution in [0.25, 0.3) is 5.00 Å². The monoisotopic (exact) mass is 329 g/mol. The van der Waals surface area contributed by atoms with Crippen molar-refractivity contribution in [2.75, 3.05) is 6.54 Å². The second-order valence-corrected chi connectivity index (χ2v) is 6.43. The number of aryl methyl sites for hydroxylation is 1. The van der Waals surface area contributed by atoms with Crippen LogP contribution in [0.4, 0.5) is 0 Å². The van der Waals surface area contributed by atoms with E-state index in [2.05, 4.69) is 25.8 Å². The zero-order chi connectivity index (χ0) is 15.6. The predicted octanol–water partition coefficient (Wildman–Crippen LogP) is 0.839. The molecule has 3 heterocycles. The molecule has 0 atom stereocenters. The number of hydrogen-bond donors (Lipinski definition) is 1. The number of fused-ring (bicyclic) bond motifs is 1. The third-order valence-electron chi connectivity index (χ3n) is 3.90. The normalized spacial score (nSPS) is 13.2. The van der Waals surface area contributed by atoms with Gasteiger partial charge < -0.3 is 9.88 Å². The maximum Gasteiger partial charge on any atom is 0.254 e. The van der Waals surface area contributed by atoms with E-state index in [1.807, 2.05) is 10.8 Å². The first kappa shape index (κ1) is 14.1. The molecule has 0 saturated heterocycles. The van der Waals surface area contributed by atoms with Gasteiger partial charge in [0.2, 0.25) is 0 Å². The Morgan fingerprint density at radius 1 is 1.35 bits per heavy atom. The van der Waals surface area contributed by atoms with Gasteiger partial charge in [-0.05, 0) is 35.3 Å². The quantitative estimate of drug-likeness (QED) is 0.749. The highest BCUT2D eigenvalue weighted by Gasteiger charge is 2.27. The van der Waals surface area contributed by atoms with Gasteiger partial charge in [0, 0.05) is 30.4 Å². The summed E-state index contributed by atoms with van der Waals surface area (Å²) < 4.78 is 3.51. The first-order valence-electron chi connectivity index (χ1n) is 7.45. The molecule has 1 aliphatic carbocycles. The van der Waals surface area contributed by atoms with Crippen LogP contribution < -0.4 is 5.32 Å². The number of thiophene rings is 1. The number of tetrazole rings is 1. The van der Waals surface area contributed by atoms with Crippen molar-refractivity contribution in [2.45, 2.75) is 25.8 Å². The summed E-state index contributed by atoms with van der Waals surface area (Å²) in [6, 6.07) is 0. The van der Waals surface area contributed by atoms with Crippen LogP contribution in [0.5, 0.6) is 0 Å². The maximum absolute atomic E-state index is 12.7. The molecule has 3 aromatic rings. The Morgan fingerprint density at radius 2 is 2.30 bits per heavy atom. The van der Waals surface area contributed by atoms with Crippen molar-refractivity contribution in [3.05, 3.63) is 41.1 Å². The third-order valence-corrected chi connectivity index (χ3v) is 5.18. The van der Waals surface area contributed by atoms with E-state index in [9.17, 15) is 4.79 Å². The van der Waals surface area contributed by atoms with Gasteiger partial charge in [0.25, 0.3) is 5.91 Å². The minimum Gasteiger partial charge on any atom is -0.350 e. The number of nitrogens with one attached hydrogen (secondary N) is 1. The Kier molecular flexibility index (Phi) is 3.62. The zero-order valence-electron chi connectivity index (χ0n) is 12.3. The van der Waals surface area contributed by atoms with Gasteiger partial charge in [0.15, 0.2) is 0 Å². The van der Waals surface area contributed by atoms with Crippen LogP contribution in [-0.4, -0.2) is 42.2 Å². The molecule has 1 amide bonds. The van der Waals surface area contributed by atoms with E-state index < -0.39 is 0 Å². The molecule has 0 spiro atoms. The van der Waals surface area contributed by atoms with Crippen molar-refractivity contribution in [3.63, 3.8) is 0 Å². The lowest BCUT2D eigenvalue weighted by atomic mass is 10.1. The van der Waals surface area contributed by atoms with Crippen molar-refractivity contribution >= 4 is 17.2 Å². The van der Waals surface area contributed by atoms with E-state index >= 15 is 0 Å². The number of aromatic nitrogens is 6. The van der Waals surface area contributed by atoms with Crippen LogP contribution >= 0.6 is 11.3 Å². The molecule has 0 saturated carbocycles. The van der Waals surface area contributed by atoms with Crippen LogP contribution in [0.15, 0.2) is 25.0 Å². The molecular formula is C14H15N7OS. The lowest BCUT2D eigenvalue weighted by Crippen LogP contribution is -2.28. The summed E-state index contributed by atoms with van der Waals surface area (Å²) in [5, 5.41) is 15.1. The second-order valence-electron chi connectivity index (χ2n) is 5.35. The van der Waals surface area contributed by atoms with Crippen molar-refractivity contribution in [3.8, 4) is 5.00 Å². The van der Waals surface area contributed by atoms with Gasteiger partial charge in [-0.25, -0.2) is 4.98 Å². The number of carbonyl (C=O) groups excluding carboxylic acids is 1. The fraction of sp³-hybridized carbons (Fsp3) is 0.357. The van der Waals surface area contributed by atoms with Crippen LogP contribution in [0.3, 0.4) is 0 Å². The molecule has 3 aromatic heterocycles. The maximum atomic E-state index is 12.7. The lowest BCUT2D eigenvalue weighted by Gasteiger charge is -2.08. The Labute approximate surface area is 136 Å². The molecular weight excluding hydrogens is 314 g/mol. The Hall–Kier alpha value is -2.55. The van der Waals surface area contributed by atoms with E-state index in [0.29, 0.717) is 13.1 Å². The average molecular weight is 329 g/mol. The van der Waals surface area contributed by atoms with Gasteiger partial charge >= 0.3 is 0 Å². The molecule has 1 N–H and O–H groups in total. The third kappa shape index (κ3) is 2.63. The van der Waals surface area contributed by atoms with E-state index in [1.165, 1.54) is 11.2 Å². The van der Waals surface area contributed by atoms with Gasteiger partial charge in [-0.3, -0.25) is 4.79 Å². The Balaban J connectivity index is 1.56. The van der Waals surface area contributed by atoms with Gasteiger partial charge in [-0.15, -0.1) is 16.4 Å². The largest absolute Gasteiger partial charge is 0.350 e. The van der Waals surface area contributed by atoms with E-state index in [1.54, 1.807) is 28.5 Å². The SMILES string of the molecule is O=C(NCCn1ccnc1)c1c(-n2cnnn2)sc2c1CCC2. The van der Waals surface area contributed by atoms with Crippen LogP contribution in [0.1, 0.15) is 27.2 Å². The van der Waals surface area contributed by atoms with Gasteiger partial charge in [0.1, 0.15) is 11.3 Å². The van der Waals surface area contributed by atoms with Crippen molar-refractivity contribution in [1.82, 2.24) is 35.1 Å². The molecule has 118 valence electrons. The molecule has 23 heavy (non-hydrogen) atoms. The molecule has 0 fully saturated rings. The molecule has 0 aromatic carbocycles. The minimum absolute atomic E-state index is 0.0602. The number of hydrogen-bond acceptors (Lipinski definition) is 6. The summed E-state index contributed by atoms with van der Waals surface area (Å²) in [6.07, 6.45) is 9.94. The van der Waals surface area contributed by atoms with Gasteiger partial charge in [-0.1, -0.05) is 0 Å². The smallest absolute Gasteiger partial charge is 0.254 e. The summed E-state index contributed by atoms with van der Waals surface area (Å²) in [5.74, 6) is -0.0602. The molecule has 0 bridgehead atoms. The highest BCUT2D eigenvalue weighted by atomic mass is 32.1. The van der Waals surface area contributed by atoms with Crippen LogP contribution in [-0.2, 0) is 19.4 Å². The minimum atomic E-state index is -0.0602. The zero-order valence-corrected chi connectivity index (χ0v) is 13.2. The van der Waals surface area contributed by atoms with Gasteiger partial charge in [-0.2, -0.15) is 4.68 Å². The number of nitrogens with zero attached hydrogens (tertiary/aromatic N) is 6. The predicted molar refractivity (Wildman–Crippen MR) is 83.6 cm³/mol. The Bertz CT molecular complexity index is 807. The van der Waals surface area contributed by atoms with Crippen molar-refractivity contribution in [2.24, 2.45) is 0 Å². The van der Waals surface area contributed by atoms with Gasteiger partial charge in [0.05, 0.1) is 11.9 Å². The fourth-order valence-electron chi connectivity index (χ4n) is 2.85. The molecule has 0 aliphatic heterocycles. The molecule has 0 unspecified atom stereocenters. The molecule has 8 nitrogen and oxygen atoms in total. The molecule has 1 aliphatic rings. The Morgan fingerprint density at radius 3 is 3.09 bits per heavy atom. The first-order chi connectivity index (χ1) is 11.3. The highest BCUT2D eigenvalue weighted by Crippen LogP contribution is 2.37. The summed E-state index contributed by atoms with van der Waals surface area (Å²) in [7, 11) is 0. The van der Waals surface area contributed by atoms with E-state index in [4.69, 9.17) is 0 Å². The lowest BCUT2D eigenvalue weighted by molar-refractivity contribution is 0.0952. The number of carbonyl (C=O) groups is 1. The average Bonchev–Trinajstić information content (AvgIpc) is 3.30. The molecule has 0 radical (unpaired) electrons. The number of imidazole rings is 1. The second kappa shape index (κ2) is 5.92. The standard InChI is InChI=1S/C14H15N7OS/c22-13(16-5-7-20-6-4-15-8-20)12-10-2-1-3-11(10)23-14(12)21-9-17-18-19-21/h4,6,8-9H,1-3,5,7H2,(H,16,22). The molecule has 4 rings (SSSR count). The van der Waals surface area contributed by atoms with Crippen molar-refractivity contribution in [1.29, 1.82) is 0 Å². The summed E-state index contributed by atoms with van der Waals surface area (Å²) in [4.78, 5) is 18.0. The van der Waals surface area contributed by atoms with E-state index in [0.717, 1.165) is 35.4 Å². The fourth-order valence-corrected chi connectivity index (χ4v) is 4.15.